The number of benzene rings is 1. The second-order valence-electron chi connectivity index (χ2n) is 4.72. The van der Waals surface area contributed by atoms with E-state index in [1.165, 1.54) is 0 Å². The first-order valence-corrected chi connectivity index (χ1v) is 6.39. The van der Waals surface area contributed by atoms with E-state index in [1.54, 1.807) is 11.0 Å². The van der Waals surface area contributed by atoms with E-state index in [0.29, 0.717) is 0 Å². The maximum atomic E-state index is 9.68. The van der Waals surface area contributed by atoms with Crippen LogP contribution < -0.4 is 5.32 Å². The quantitative estimate of drug-likeness (QED) is 0.807. The minimum atomic E-state index is -0.458. The van der Waals surface area contributed by atoms with Crippen molar-refractivity contribution >= 4 is 0 Å². The SMILES string of the molecule is CCCNC(C)(CO)c1cccc(-n2cnnn2)c1. The molecule has 0 saturated heterocycles. The molecule has 0 aliphatic heterocycles. The Hall–Kier alpha value is -1.79. The Balaban J connectivity index is 2.31. The van der Waals surface area contributed by atoms with Crippen molar-refractivity contribution in [3.8, 4) is 5.69 Å². The van der Waals surface area contributed by atoms with Crippen LogP contribution in [-0.4, -0.2) is 38.5 Å². The molecule has 19 heavy (non-hydrogen) atoms. The standard InChI is InChI=1S/C13H19N5O/c1-3-7-14-13(2,9-19)11-5-4-6-12(8-11)18-10-15-16-17-18/h4-6,8,10,14,19H,3,7,9H2,1-2H3. The summed E-state index contributed by atoms with van der Waals surface area (Å²) in [6, 6.07) is 7.84. The first-order valence-electron chi connectivity index (χ1n) is 6.39. The van der Waals surface area contributed by atoms with Gasteiger partial charge in [-0.05, 0) is 48.0 Å². The van der Waals surface area contributed by atoms with Gasteiger partial charge < -0.3 is 10.4 Å². The smallest absolute Gasteiger partial charge is 0.143 e. The highest BCUT2D eigenvalue weighted by atomic mass is 16.3. The zero-order valence-electron chi connectivity index (χ0n) is 11.2. The first kappa shape index (κ1) is 13.6. The normalized spacial score (nSPS) is 14.3. The van der Waals surface area contributed by atoms with Crippen molar-refractivity contribution in [2.45, 2.75) is 25.8 Å². The fraction of sp³-hybridized carbons (Fsp3) is 0.462. The van der Waals surface area contributed by atoms with Crippen molar-refractivity contribution in [2.75, 3.05) is 13.2 Å². The van der Waals surface area contributed by atoms with E-state index in [9.17, 15) is 5.11 Å². The Bertz CT molecular complexity index is 514. The van der Waals surface area contributed by atoms with E-state index in [4.69, 9.17) is 0 Å². The highest BCUT2D eigenvalue weighted by Gasteiger charge is 2.25. The van der Waals surface area contributed by atoms with Crippen LogP contribution in [0.25, 0.3) is 5.69 Å². The molecular formula is C13H19N5O. The average molecular weight is 261 g/mol. The van der Waals surface area contributed by atoms with Gasteiger partial charge in [-0.25, -0.2) is 4.68 Å². The van der Waals surface area contributed by atoms with Gasteiger partial charge in [0, 0.05) is 0 Å². The summed E-state index contributed by atoms with van der Waals surface area (Å²) in [6.45, 7) is 4.97. The van der Waals surface area contributed by atoms with Crippen molar-refractivity contribution < 1.29 is 5.11 Å². The predicted octanol–water partition coefficient (Wildman–Crippen LogP) is 0.869. The van der Waals surface area contributed by atoms with Crippen LogP contribution in [-0.2, 0) is 5.54 Å². The second-order valence-corrected chi connectivity index (χ2v) is 4.72. The number of hydrogen-bond acceptors (Lipinski definition) is 5. The van der Waals surface area contributed by atoms with Crippen molar-refractivity contribution in [3.63, 3.8) is 0 Å². The number of rotatable bonds is 6. The van der Waals surface area contributed by atoms with Crippen LogP contribution in [0.3, 0.4) is 0 Å². The molecule has 1 atom stereocenters. The zero-order valence-corrected chi connectivity index (χ0v) is 11.2. The molecule has 2 aromatic rings. The van der Waals surface area contributed by atoms with Gasteiger partial charge in [-0.2, -0.15) is 0 Å². The molecule has 0 aliphatic rings. The van der Waals surface area contributed by atoms with Gasteiger partial charge in [-0.15, -0.1) is 5.10 Å². The monoisotopic (exact) mass is 261 g/mol. The summed E-state index contributed by atoms with van der Waals surface area (Å²) in [7, 11) is 0. The molecule has 6 nitrogen and oxygen atoms in total. The van der Waals surface area contributed by atoms with E-state index in [2.05, 4.69) is 27.8 Å². The molecule has 6 heteroatoms. The Labute approximate surface area is 112 Å². The van der Waals surface area contributed by atoms with E-state index in [0.717, 1.165) is 24.2 Å². The molecule has 0 amide bonds. The van der Waals surface area contributed by atoms with Gasteiger partial charge in [0.2, 0.25) is 0 Å². The molecule has 0 spiro atoms. The lowest BCUT2D eigenvalue weighted by Crippen LogP contribution is -2.43. The summed E-state index contributed by atoms with van der Waals surface area (Å²) >= 11 is 0. The van der Waals surface area contributed by atoms with Gasteiger partial charge in [0.1, 0.15) is 6.33 Å². The molecule has 102 valence electrons. The minimum absolute atomic E-state index is 0.0338. The minimum Gasteiger partial charge on any atom is -0.394 e. The Kier molecular flexibility index (Phi) is 4.24. The largest absolute Gasteiger partial charge is 0.394 e. The van der Waals surface area contributed by atoms with E-state index >= 15 is 0 Å². The summed E-state index contributed by atoms with van der Waals surface area (Å²) < 4.78 is 1.60. The second kappa shape index (κ2) is 5.90. The van der Waals surface area contributed by atoms with E-state index in [1.807, 2.05) is 31.2 Å². The van der Waals surface area contributed by atoms with Crippen LogP contribution >= 0.6 is 0 Å². The van der Waals surface area contributed by atoms with Crippen LogP contribution in [0.15, 0.2) is 30.6 Å². The molecule has 1 heterocycles. The molecule has 1 unspecified atom stereocenters. The summed E-state index contributed by atoms with van der Waals surface area (Å²) in [5.41, 5.74) is 1.43. The highest BCUT2D eigenvalue weighted by Crippen LogP contribution is 2.22. The molecule has 2 N–H and O–H groups in total. The molecule has 0 radical (unpaired) electrons. The Morgan fingerprint density at radius 1 is 1.42 bits per heavy atom. The number of nitrogens with one attached hydrogen (secondary N) is 1. The average Bonchev–Trinajstić information content (AvgIpc) is 2.99. The van der Waals surface area contributed by atoms with Crippen molar-refractivity contribution in [1.29, 1.82) is 0 Å². The fourth-order valence-electron chi connectivity index (χ4n) is 1.92. The molecule has 0 aliphatic carbocycles. The fourth-order valence-corrected chi connectivity index (χ4v) is 1.92. The van der Waals surface area contributed by atoms with Gasteiger partial charge in [0.25, 0.3) is 0 Å². The summed E-state index contributed by atoms with van der Waals surface area (Å²) in [5, 5.41) is 24.2. The number of nitrogens with zero attached hydrogens (tertiary/aromatic N) is 4. The predicted molar refractivity (Wildman–Crippen MR) is 71.9 cm³/mol. The lowest BCUT2D eigenvalue weighted by atomic mass is 9.92. The third-order valence-electron chi connectivity index (χ3n) is 3.18. The lowest BCUT2D eigenvalue weighted by molar-refractivity contribution is 0.175. The topological polar surface area (TPSA) is 75.9 Å². The van der Waals surface area contributed by atoms with Crippen LogP contribution in [0, 0.1) is 0 Å². The molecule has 0 fully saturated rings. The summed E-state index contributed by atoms with van der Waals surface area (Å²) in [6.07, 6.45) is 2.57. The van der Waals surface area contributed by atoms with Crippen LogP contribution in [0.2, 0.25) is 0 Å². The number of aromatic nitrogens is 4. The number of aliphatic hydroxyl groups excluding tert-OH is 1. The van der Waals surface area contributed by atoms with Crippen LogP contribution in [0.5, 0.6) is 0 Å². The molecule has 1 aromatic heterocycles. The van der Waals surface area contributed by atoms with Crippen molar-refractivity contribution in [3.05, 3.63) is 36.2 Å². The van der Waals surface area contributed by atoms with Crippen LogP contribution in [0.1, 0.15) is 25.8 Å². The number of tetrazole rings is 1. The van der Waals surface area contributed by atoms with Gasteiger partial charge in [0.15, 0.2) is 0 Å². The zero-order chi connectivity index (χ0) is 13.7. The number of aliphatic hydroxyl groups is 1. The van der Waals surface area contributed by atoms with Crippen LogP contribution in [0.4, 0.5) is 0 Å². The summed E-state index contributed by atoms with van der Waals surface area (Å²) in [5.74, 6) is 0. The molecule has 2 rings (SSSR count). The molecule has 1 aromatic carbocycles. The Morgan fingerprint density at radius 2 is 2.26 bits per heavy atom. The van der Waals surface area contributed by atoms with Gasteiger partial charge in [-0.1, -0.05) is 19.1 Å². The number of hydrogen-bond donors (Lipinski definition) is 2. The molecule has 0 saturated carbocycles. The lowest BCUT2D eigenvalue weighted by Gasteiger charge is -2.29. The maximum absolute atomic E-state index is 9.68. The third-order valence-corrected chi connectivity index (χ3v) is 3.18. The van der Waals surface area contributed by atoms with Gasteiger partial charge >= 0.3 is 0 Å². The van der Waals surface area contributed by atoms with E-state index in [-0.39, 0.29) is 6.61 Å². The first-order chi connectivity index (χ1) is 9.19. The third kappa shape index (κ3) is 2.97. The maximum Gasteiger partial charge on any atom is 0.143 e. The van der Waals surface area contributed by atoms with Gasteiger partial charge in [-0.3, -0.25) is 0 Å². The summed E-state index contributed by atoms with van der Waals surface area (Å²) in [4.78, 5) is 0. The molecular weight excluding hydrogens is 242 g/mol. The van der Waals surface area contributed by atoms with Crippen molar-refractivity contribution in [1.82, 2.24) is 25.5 Å². The highest BCUT2D eigenvalue weighted by molar-refractivity contribution is 5.37. The van der Waals surface area contributed by atoms with E-state index < -0.39 is 5.54 Å². The van der Waals surface area contributed by atoms with Crippen molar-refractivity contribution in [2.24, 2.45) is 0 Å². The Morgan fingerprint density at radius 3 is 2.89 bits per heavy atom. The van der Waals surface area contributed by atoms with Gasteiger partial charge in [0.05, 0.1) is 17.8 Å². The molecule has 0 bridgehead atoms.